The predicted molar refractivity (Wildman–Crippen MR) is 79.8 cm³/mol. The summed E-state index contributed by atoms with van der Waals surface area (Å²) in [5.41, 5.74) is 4.08. The first-order chi connectivity index (χ1) is 9.56. The largest absolute Gasteiger partial charge is 0.506 e. The smallest absolute Gasteiger partial charge is 0.143 e. The van der Waals surface area contributed by atoms with Crippen molar-refractivity contribution in [1.82, 2.24) is 14.5 Å². The summed E-state index contributed by atoms with van der Waals surface area (Å²) in [6, 6.07) is 8.23. The van der Waals surface area contributed by atoms with Gasteiger partial charge in [-0.2, -0.15) is 0 Å². The van der Waals surface area contributed by atoms with Gasteiger partial charge < -0.3 is 9.67 Å². The minimum absolute atomic E-state index is 0.154. The Labute approximate surface area is 117 Å². The standard InChI is InChI=1S/C16H17N3O/c1-10(2)19-15-5-4-11(3)6-14(15)18-16(19)12-7-13(20)9-17-8-12/h4-10,20H,1-3H3. The Balaban J connectivity index is 2.32. The zero-order chi connectivity index (χ0) is 14.3. The van der Waals surface area contributed by atoms with Crippen molar-refractivity contribution in [2.75, 3.05) is 0 Å². The number of nitrogens with zero attached hydrogens (tertiary/aromatic N) is 3. The van der Waals surface area contributed by atoms with Crippen LogP contribution >= 0.6 is 0 Å². The van der Waals surface area contributed by atoms with E-state index in [1.807, 2.05) is 0 Å². The lowest BCUT2D eigenvalue weighted by Gasteiger charge is -2.13. The van der Waals surface area contributed by atoms with Crippen LogP contribution in [-0.2, 0) is 0 Å². The lowest BCUT2D eigenvalue weighted by molar-refractivity contribution is 0.473. The number of aromatic nitrogens is 3. The number of fused-ring (bicyclic) bond motifs is 1. The van der Waals surface area contributed by atoms with Gasteiger partial charge in [0.1, 0.15) is 11.6 Å². The van der Waals surface area contributed by atoms with Crippen molar-refractivity contribution in [1.29, 1.82) is 0 Å². The zero-order valence-corrected chi connectivity index (χ0v) is 11.8. The van der Waals surface area contributed by atoms with Crippen LogP contribution in [0.1, 0.15) is 25.5 Å². The molecule has 20 heavy (non-hydrogen) atoms. The van der Waals surface area contributed by atoms with Gasteiger partial charge in [-0.25, -0.2) is 4.98 Å². The summed E-state index contributed by atoms with van der Waals surface area (Å²) in [5.74, 6) is 0.991. The van der Waals surface area contributed by atoms with Gasteiger partial charge in [-0.1, -0.05) is 6.07 Å². The molecule has 102 valence electrons. The van der Waals surface area contributed by atoms with Crippen LogP contribution in [-0.4, -0.2) is 19.6 Å². The highest BCUT2D eigenvalue weighted by molar-refractivity contribution is 5.81. The lowest BCUT2D eigenvalue weighted by atomic mass is 10.2. The molecule has 0 radical (unpaired) electrons. The van der Waals surface area contributed by atoms with E-state index < -0.39 is 0 Å². The van der Waals surface area contributed by atoms with E-state index in [1.165, 1.54) is 11.8 Å². The topological polar surface area (TPSA) is 50.9 Å². The fraction of sp³-hybridized carbons (Fsp3) is 0.250. The molecule has 0 unspecified atom stereocenters. The van der Waals surface area contributed by atoms with Crippen LogP contribution in [0.25, 0.3) is 22.4 Å². The molecule has 0 amide bonds. The maximum atomic E-state index is 9.62. The van der Waals surface area contributed by atoms with Crippen molar-refractivity contribution in [3.8, 4) is 17.1 Å². The monoisotopic (exact) mass is 267 g/mol. The minimum atomic E-state index is 0.154. The third kappa shape index (κ3) is 2.03. The number of rotatable bonds is 2. The number of hydrogen-bond acceptors (Lipinski definition) is 3. The molecule has 0 bridgehead atoms. The Hall–Kier alpha value is -2.36. The van der Waals surface area contributed by atoms with E-state index in [9.17, 15) is 5.11 Å². The molecule has 0 saturated heterocycles. The Morgan fingerprint density at radius 1 is 1.15 bits per heavy atom. The summed E-state index contributed by atoms with van der Waals surface area (Å²) in [6.07, 6.45) is 3.16. The molecular weight excluding hydrogens is 250 g/mol. The van der Waals surface area contributed by atoms with Gasteiger partial charge in [0.25, 0.3) is 0 Å². The maximum Gasteiger partial charge on any atom is 0.143 e. The number of imidazole rings is 1. The summed E-state index contributed by atoms with van der Waals surface area (Å²) in [6.45, 7) is 6.31. The first-order valence-corrected chi connectivity index (χ1v) is 6.69. The lowest BCUT2D eigenvalue weighted by Crippen LogP contribution is -2.03. The molecular formula is C16H17N3O. The van der Waals surface area contributed by atoms with Crippen molar-refractivity contribution in [2.45, 2.75) is 26.8 Å². The van der Waals surface area contributed by atoms with Crippen molar-refractivity contribution in [3.63, 3.8) is 0 Å². The van der Waals surface area contributed by atoms with E-state index in [-0.39, 0.29) is 11.8 Å². The Bertz CT molecular complexity index is 774. The van der Waals surface area contributed by atoms with Gasteiger partial charge >= 0.3 is 0 Å². The fourth-order valence-electron chi connectivity index (χ4n) is 2.49. The van der Waals surface area contributed by atoms with Gasteiger partial charge in [-0.05, 0) is 44.5 Å². The normalized spacial score (nSPS) is 11.4. The SMILES string of the molecule is Cc1ccc2c(c1)nc(-c1cncc(O)c1)n2C(C)C. The van der Waals surface area contributed by atoms with E-state index in [0.29, 0.717) is 0 Å². The van der Waals surface area contributed by atoms with Crippen LogP contribution in [0.5, 0.6) is 5.75 Å². The molecule has 0 aliphatic carbocycles. The van der Waals surface area contributed by atoms with Crippen molar-refractivity contribution >= 4 is 11.0 Å². The van der Waals surface area contributed by atoms with E-state index in [1.54, 1.807) is 12.3 Å². The highest BCUT2D eigenvalue weighted by Gasteiger charge is 2.15. The molecule has 1 aromatic carbocycles. The van der Waals surface area contributed by atoms with Gasteiger partial charge in [0.05, 0.1) is 17.2 Å². The number of pyridine rings is 1. The van der Waals surface area contributed by atoms with Crippen LogP contribution in [0, 0.1) is 6.92 Å². The van der Waals surface area contributed by atoms with E-state index >= 15 is 0 Å². The van der Waals surface area contributed by atoms with E-state index in [0.717, 1.165) is 22.4 Å². The summed E-state index contributed by atoms with van der Waals surface area (Å²) in [5, 5.41) is 9.62. The molecule has 0 fully saturated rings. The van der Waals surface area contributed by atoms with Crippen molar-refractivity contribution < 1.29 is 5.11 Å². The summed E-state index contributed by atoms with van der Waals surface area (Å²) in [7, 11) is 0. The van der Waals surface area contributed by atoms with E-state index in [4.69, 9.17) is 4.98 Å². The first-order valence-electron chi connectivity index (χ1n) is 6.69. The predicted octanol–water partition coefficient (Wildman–Crippen LogP) is 3.69. The summed E-state index contributed by atoms with van der Waals surface area (Å²) < 4.78 is 2.17. The second-order valence-corrected chi connectivity index (χ2v) is 5.32. The van der Waals surface area contributed by atoms with E-state index in [2.05, 4.69) is 48.5 Å². The summed E-state index contributed by atoms with van der Waals surface area (Å²) >= 11 is 0. The molecule has 0 aliphatic heterocycles. The molecule has 0 atom stereocenters. The number of aryl methyl sites for hydroxylation is 1. The molecule has 2 heterocycles. The average Bonchev–Trinajstić information content (AvgIpc) is 2.77. The van der Waals surface area contributed by atoms with Crippen LogP contribution in [0.4, 0.5) is 0 Å². The van der Waals surface area contributed by atoms with Crippen LogP contribution in [0.15, 0.2) is 36.7 Å². The molecule has 0 aliphatic rings. The Morgan fingerprint density at radius 2 is 1.95 bits per heavy atom. The number of benzene rings is 1. The first kappa shape index (κ1) is 12.7. The van der Waals surface area contributed by atoms with Crippen LogP contribution in [0.3, 0.4) is 0 Å². The van der Waals surface area contributed by atoms with Crippen LogP contribution in [0.2, 0.25) is 0 Å². The van der Waals surface area contributed by atoms with Gasteiger partial charge in [0.2, 0.25) is 0 Å². The quantitative estimate of drug-likeness (QED) is 0.770. The van der Waals surface area contributed by atoms with Gasteiger partial charge in [-0.3, -0.25) is 4.98 Å². The zero-order valence-electron chi connectivity index (χ0n) is 11.8. The minimum Gasteiger partial charge on any atom is -0.506 e. The molecule has 4 nitrogen and oxygen atoms in total. The second-order valence-electron chi connectivity index (χ2n) is 5.32. The number of hydrogen-bond donors (Lipinski definition) is 1. The molecule has 4 heteroatoms. The molecule has 0 saturated carbocycles. The van der Waals surface area contributed by atoms with Gasteiger partial charge in [-0.15, -0.1) is 0 Å². The van der Waals surface area contributed by atoms with Crippen LogP contribution < -0.4 is 0 Å². The third-order valence-corrected chi connectivity index (χ3v) is 3.34. The second kappa shape index (κ2) is 4.63. The van der Waals surface area contributed by atoms with Gasteiger partial charge in [0.15, 0.2) is 0 Å². The number of aromatic hydroxyl groups is 1. The Kier molecular flexibility index (Phi) is 2.93. The molecule has 0 spiro atoms. The Morgan fingerprint density at radius 3 is 2.65 bits per heavy atom. The average molecular weight is 267 g/mol. The molecule has 1 N–H and O–H groups in total. The summed E-state index contributed by atoms with van der Waals surface area (Å²) in [4.78, 5) is 8.76. The molecule has 3 aromatic rings. The molecule has 3 rings (SSSR count). The third-order valence-electron chi connectivity index (χ3n) is 3.34. The highest BCUT2D eigenvalue weighted by atomic mass is 16.3. The van der Waals surface area contributed by atoms with Crippen molar-refractivity contribution in [2.24, 2.45) is 0 Å². The van der Waals surface area contributed by atoms with Gasteiger partial charge in [0, 0.05) is 17.8 Å². The fourth-order valence-corrected chi connectivity index (χ4v) is 2.49. The molecule has 2 aromatic heterocycles. The highest BCUT2D eigenvalue weighted by Crippen LogP contribution is 2.29. The maximum absolute atomic E-state index is 9.62. The van der Waals surface area contributed by atoms with Crippen molar-refractivity contribution in [3.05, 3.63) is 42.2 Å².